The average molecular weight is 326 g/mol. The van der Waals surface area contributed by atoms with E-state index in [4.69, 9.17) is 4.74 Å². The lowest BCUT2D eigenvalue weighted by atomic mass is 10.1. The van der Waals surface area contributed by atoms with E-state index in [0.29, 0.717) is 17.6 Å². The summed E-state index contributed by atoms with van der Waals surface area (Å²) in [6.45, 7) is 4.45. The van der Waals surface area contributed by atoms with E-state index in [0.717, 1.165) is 6.07 Å². The fourth-order valence-electron chi connectivity index (χ4n) is 1.39. The standard InChI is InChI=1S/C12H15BrF3NO/c1-8(2)18-6-5-17-11-4-3-9(13)7-10(11)12(14,15)16/h3-4,7-8,17H,5-6H2,1-2H3. The van der Waals surface area contributed by atoms with Gasteiger partial charge in [-0.3, -0.25) is 0 Å². The van der Waals surface area contributed by atoms with E-state index >= 15 is 0 Å². The molecule has 0 aliphatic rings. The van der Waals surface area contributed by atoms with Crippen LogP contribution in [0.5, 0.6) is 0 Å². The van der Waals surface area contributed by atoms with Crippen molar-refractivity contribution in [1.29, 1.82) is 0 Å². The Kier molecular flexibility index (Phi) is 5.47. The van der Waals surface area contributed by atoms with E-state index in [1.165, 1.54) is 6.07 Å². The van der Waals surface area contributed by atoms with Gasteiger partial charge in [0.15, 0.2) is 0 Å². The predicted octanol–water partition coefficient (Wildman–Crippen LogP) is 4.30. The van der Waals surface area contributed by atoms with Gasteiger partial charge in [-0.2, -0.15) is 13.2 Å². The van der Waals surface area contributed by atoms with Crippen molar-refractivity contribution in [2.45, 2.75) is 26.1 Å². The Bertz CT molecular complexity index is 393. The topological polar surface area (TPSA) is 21.3 Å². The summed E-state index contributed by atoms with van der Waals surface area (Å²) in [6, 6.07) is 4.04. The fraction of sp³-hybridized carbons (Fsp3) is 0.500. The highest BCUT2D eigenvalue weighted by molar-refractivity contribution is 9.10. The summed E-state index contributed by atoms with van der Waals surface area (Å²) in [5.41, 5.74) is -0.612. The predicted molar refractivity (Wildman–Crippen MR) is 68.7 cm³/mol. The first-order valence-corrected chi connectivity index (χ1v) is 6.32. The highest BCUT2D eigenvalue weighted by Gasteiger charge is 2.33. The number of rotatable bonds is 5. The number of benzene rings is 1. The molecule has 0 amide bonds. The van der Waals surface area contributed by atoms with E-state index in [1.807, 2.05) is 13.8 Å². The SMILES string of the molecule is CC(C)OCCNc1ccc(Br)cc1C(F)(F)F. The summed E-state index contributed by atoms with van der Waals surface area (Å²) in [5.74, 6) is 0. The Hall–Kier alpha value is -0.750. The minimum absolute atomic E-state index is 0.0676. The van der Waals surface area contributed by atoms with Gasteiger partial charge < -0.3 is 10.1 Å². The van der Waals surface area contributed by atoms with Crippen LogP contribution in [-0.2, 0) is 10.9 Å². The lowest BCUT2D eigenvalue weighted by Gasteiger charge is -2.15. The van der Waals surface area contributed by atoms with Crippen molar-refractivity contribution in [2.24, 2.45) is 0 Å². The van der Waals surface area contributed by atoms with E-state index < -0.39 is 11.7 Å². The van der Waals surface area contributed by atoms with Gasteiger partial charge in [-0.05, 0) is 32.0 Å². The van der Waals surface area contributed by atoms with E-state index in [9.17, 15) is 13.2 Å². The van der Waals surface area contributed by atoms with Gasteiger partial charge in [-0.25, -0.2) is 0 Å². The molecule has 0 aliphatic carbocycles. The van der Waals surface area contributed by atoms with Crippen molar-refractivity contribution in [2.75, 3.05) is 18.5 Å². The lowest BCUT2D eigenvalue weighted by Crippen LogP contribution is -2.16. The summed E-state index contributed by atoms with van der Waals surface area (Å²) in [7, 11) is 0. The second kappa shape index (κ2) is 6.43. The maximum absolute atomic E-state index is 12.8. The quantitative estimate of drug-likeness (QED) is 0.815. The Morgan fingerprint density at radius 3 is 2.56 bits per heavy atom. The van der Waals surface area contributed by atoms with Gasteiger partial charge in [-0.15, -0.1) is 0 Å². The third kappa shape index (κ3) is 4.86. The van der Waals surface area contributed by atoms with Gasteiger partial charge in [0.2, 0.25) is 0 Å². The minimum Gasteiger partial charge on any atom is -0.382 e. The molecule has 1 aromatic rings. The third-order valence-corrected chi connectivity index (χ3v) is 2.65. The van der Waals surface area contributed by atoms with Crippen molar-refractivity contribution in [3.8, 4) is 0 Å². The van der Waals surface area contributed by atoms with Crippen molar-refractivity contribution in [3.05, 3.63) is 28.2 Å². The third-order valence-electron chi connectivity index (χ3n) is 2.16. The van der Waals surface area contributed by atoms with Crippen LogP contribution < -0.4 is 5.32 Å². The van der Waals surface area contributed by atoms with Crippen LogP contribution in [0.2, 0.25) is 0 Å². The van der Waals surface area contributed by atoms with Crippen LogP contribution >= 0.6 is 15.9 Å². The molecule has 0 aliphatic heterocycles. The number of anilines is 1. The summed E-state index contributed by atoms with van der Waals surface area (Å²) < 4.78 is 44.0. The van der Waals surface area contributed by atoms with E-state index in [2.05, 4.69) is 21.2 Å². The number of nitrogens with one attached hydrogen (secondary N) is 1. The van der Waals surface area contributed by atoms with Crippen molar-refractivity contribution in [3.63, 3.8) is 0 Å². The molecule has 1 aromatic carbocycles. The molecular weight excluding hydrogens is 311 g/mol. The molecule has 0 atom stereocenters. The zero-order valence-electron chi connectivity index (χ0n) is 10.1. The molecule has 0 spiro atoms. The maximum atomic E-state index is 12.8. The molecule has 102 valence electrons. The highest BCUT2D eigenvalue weighted by atomic mass is 79.9. The van der Waals surface area contributed by atoms with Crippen LogP contribution in [0.3, 0.4) is 0 Å². The molecule has 1 rings (SSSR count). The van der Waals surface area contributed by atoms with Crippen molar-refractivity contribution in [1.82, 2.24) is 0 Å². The number of halogens is 4. The van der Waals surface area contributed by atoms with Gasteiger partial charge >= 0.3 is 6.18 Å². The molecule has 0 heterocycles. The largest absolute Gasteiger partial charge is 0.418 e. The molecule has 6 heteroatoms. The van der Waals surface area contributed by atoms with Crippen LogP contribution in [0.1, 0.15) is 19.4 Å². The second-order valence-corrected chi connectivity index (χ2v) is 4.95. The maximum Gasteiger partial charge on any atom is 0.418 e. The first kappa shape index (κ1) is 15.3. The number of alkyl halides is 3. The molecule has 1 N–H and O–H groups in total. The van der Waals surface area contributed by atoms with Crippen LogP contribution in [0, 0.1) is 0 Å². The molecule has 0 fully saturated rings. The highest BCUT2D eigenvalue weighted by Crippen LogP contribution is 2.36. The van der Waals surface area contributed by atoms with Crippen molar-refractivity contribution < 1.29 is 17.9 Å². The Morgan fingerprint density at radius 2 is 2.00 bits per heavy atom. The smallest absolute Gasteiger partial charge is 0.382 e. The summed E-state index contributed by atoms with van der Waals surface area (Å²) in [6.07, 6.45) is -4.30. The zero-order chi connectivity index (χ0) is 13.8. The zero-order valence-corrected chi connectivity index (χ0v) is 11.7. The van der Waals surface area contributed by atoms with Gasteiger partial charge in [0.05, 0.1) is 18.3 Å². The fourth-order valence-corrected chi connectivity index (χ4v) is 1.75. The van der Waals surface area contributed by atoms with Crippen LogP contribution in [-0.4, -0.2) is 19.3 Å². The molecule has 0 aromatic heterocycles. The lowest BCUT2D eigenvalue weighted by molar-refractivity contribution is -0.137. The van der Waals surface area contributed by atoms with Crippen LogP contribution in [0.25, 0.3) is 0 Å². The van der Waals surface area contributed by atoms with Crippen LogP contribution in [0.15, 0.2) is 22.7 Å². The molecular formula is C12H15BrF3NO. The molecule has 0 unspecified atom stereocenters. The molecule has 0 saturated heterocycles. The number of ether oxygens (including phenoxy) is 1. The molecule has 18 heavy (non-hydrogen) atoms. The first-order valence-electron chi connectivity index (χ1n) is 5.53. The van der Waals surface area contributed by atoms with Gasteiger partial charge in [0.25, 0.3) is 0 Å². The molecule has 0 radical (unpaired) electrons. The van der Waals surface area contributed by atoms with Crippen molar-refractivity contribution >= 4 is 21.6 Å². The van der Waals surface area contributed by atoms with E-state index in [-0.39, 0.29) is 11.8 Å². The summed E-state index contributed by atoms with van der Waals surface area (Å²) >= 11 is 3.04. The molecule has 0 saturated carbocycles. The van der Waals surface area contributed by atoms with E-state index in [1.54, 1.807) is 6.07 Å². The summed E-state index contributed by atoms with van der Waals surface area (Å²) in [5, 5.41) is 2.74. The van der Waals surface area contributed by atoms with Gasteiger partial charge in [-0.1, -0.05) is 15.9 Å². The summed E-state index contributed by atoms with van der Waals surface area (Å²) in [4.78, 5) is 0. The Morgan fingerprint density at radius 1 is 1.33 bits per heavy atom. The average Bonchev–Trinajstić information content (AvgIpc) is 2.24. The minimum atomic E-state index is -4.37. The Balaban J connectivity index is 2.70. The second-order valence-electron chi connectivity index (χ2n) is 4.03. The molecule has 2 nitrogen and oxygen atoms in total. The van der Waals surface area contributed by atoms with Crippen LogP contribution in [0.4, 0.5) is 18.9 Å². The molecule has 0 bridgehead atoms. The number of hydrogen-bond donors (Lipinski definition) is 1. The Labute approximate surface area is 113 Å². The van der Waals surface area contributed by atoms with Gasteiger partial charge in [0.1, 0.15) is 0 Å². The first-order chi connectivity index (χ1) is 8.30. The number of hydrogen-bond acceptors (Lipinski definition) is 2. The monoisotopic (exact) mass is 325 g/mol. The van der Waals surface area contributed by atoms with Gasteiger partial charge in [0, 0.05) is 16.7 Å². The normalized spacial score (nSPS) is 11.9.